The highest BCUT2D eigenvalue weighted by molar-refractivity contribution is 5.80. The Bertz CT molecular complexity index is 512. The van der Waals surface area contributed by atoms with Crippen LogP contribution in [0.1, 0.15) is 38.7 Å². The third-order valence-corrected chi connectivity index (χ3v) is 4.24. The second kappa shape index (κ2) is 10.1. The Labute approximate surface area is 145 Å². The smallest absolute Gasteiger partial charge is 0.213 e. The first-order valence-corrected chi connectivity index (χ1v) is 9.01. The first kappa shape index (κ1) is 18.5. The summed E-state index contributed by atoms with van der Waals surface area (Å²) in [5.74, 6) is 1.52. The maximum absolute atomic E-state index is 5.17. The molecule has 0 aliphatic carbocycles. The van der Waals surface area contributed by atoms with Crippen LogP contribution in [-0.2, 0) is 6.54 Å². The molecule has 1 aromatic rings. The largest absolute Gasteiger partial charge is 0.481 e. The number of rotatable bonds is 7. The summed E-state index contributed by atoms with van der Waals surface area (Å²) in [5.41, 5.74) is 1.09. The molecule has 6 heteroatoms. The molecule has 0 atom stereocenters. The van der Waals surface area contributed by atoms with Crippen LogP contribution in [-0.4, -0.2) is 55.2 Å². The number of likely N-dealkylation sites (tertiary alicyclic amines) is 1. The maximum atomic E-state index is 5.17. The normalized spacial score (nSPS) is 16.9. The fourth-order valence-electron chi connectivity index (χ4n) is 2.96. The molecule has 134 valence electrons. The number of aromatic nitrogens is 1. The Morgan fingerprint density at radius 3 is 2.83 bits per heavy atom. The number of methoxy groups -OCH3 is 1. The molecule has 2 N–H and O–H groups in total. The molecule has 1 aliphatic rings. The lowest BCUT2D eigenvalue weighted by Crippen LogP contribution is -2.48. The van der Waals surface area contributed by atoms with Gasteiger partial charge < -0.3 is 20.3 Å². The van der Waals surface area contributed by atoms with Crippen molar-refractivity contribution in [3.05, 3.63) is 23.9 Å². The van der Waals surface area contributed by atoms with Gasteiger partial charge in [-0.1, -0.05) is 6.92 Å². The zero-order chi connectivity index (χ0) is 17.2. The zero-order valence-corrected chi connectivity index (χ0v) is 15.2. The van der Waals surface area contributed by atoms with Gasteiger partial charge in [0.15, 0.2) is 5.96 Å². The Hall–Kier alpha value is -1.82. The van der Waals surface area contributed by atoms with Crippen LogP contribution < -0.4 is 15.4 Å². The Balaban J connectivity index is 1.89. The minimum atomic E-state index is 0.503. The fourth-order valence-corrected chi connectivity index (χ4v) is 2.96. The van der Waals surface area contributed by atoms with E-state index in [9.17, 15) is 0 Å². The third-order valence-electron chi connectivity index (χ3n) is 4.24. The number of piperidine rings is 1. The molecule has 0 saturated carbocycles. The molecule has 0 spiro atoms. The van der Waals surface area contributed by atoms with E-state index in [2.05, 4.69) is 34.4 Å². The highest BCUT2D eigenvalue weighted by Crippen LogP contribution is 2.11. The number of hydrogen-bond acceptors (Lipinski definition) is 4. The van der Waals surface area contributed by atoms with Gasteiger partial charge >= 0.3 is 0 Å². The van der Waals surface area contributed by atoms with Crippen molar-refractivity contribution >= 4 is 5.96 Å². The van der Waals surface area contributed by atoms with Crippen LogP contribution in [0.4, 0.5) is 0 Å². The number of nitrogens with zero attached hydrogens (tertiary/aromatic N) is 3. The molecule has 1 aliphatic heterocycles. The van der Waals surface area contributed by atoms with Crippen molar-refractivity contribution in [2.75, 3.05) is 33.3 Å². The first-order chi connectivity index (χ1) is 11.7. The predicted octanol–water partition coefficient (Wildman–Crippen LogP) is 2.02. The number of guanidine groups is 1. The Morgan fingerprint density at radius 2 is 2.17 bits per heavy atom. The average Bonchev–Trinajstić information content (AvgIpc) is 2.62. The van der Waals surface area contributed by atoms with E-state index >= 15 is 0 Å². The van der Waals surface area contributed by atoms with Crippen LogP contribution in [0, 0.1) is 0 Å². The van der Waals surface area contributed by atoms with Gasteiger partial charge in [-0.25, -0.2) is 9.98 Å². The van der Waals surface area contributed by atoms with Crippen LogP contribution in [0.5, 0.6) is 5.88 Å². The number of aliphatic imine (C=N–C) groups is 1. The molecule has 0 unspecified atom stereocenters. The Kier molecular flexibility index (Phi) is 7.82. The molecule has 0 amide bonds. The van der Waals surface area contributed by atoms with E-state index in [1.165, 1.54) is 38.9 Å². The molecule has 1 fully saturated rings. The molecule has 0 aromatic carbocycles. The third kappa shape index (κ3) is 6.00. The first-order valence-electron chi connectivity index (χ1n) is 9.01. The molecular weight excluding hydrogens is 302 g/mol. The van der Waals surface area contributed by atoms with Gasteiger partial charge in [-0.2, -0.15) is 0 Å². The van der Waals surface area contributed by atoms with Crippen molar-refractivity contribution in [2.24, 2.45) is 4.99 Å². The predicted molar refractivity (Wildman–Crippen MR) is 98.5 cm³/mol. The van der Waals surface area contributed by atoms with Gasteiger partial charge in [-0.15, -0.1) is 0 Å². The number of pyridine rings is 1. The summed E-state index contributed by atoms with van der Waals surface area (Å²) >= 11 is 0. The van der Waals surface area contributed by atoms with Crippen molar-refractivity contribution in [1.29, 1.82) is 0 Å². The van der Waals surface area contributed by atoms with Gasteiger partial charge in [0.1, 0.15) is 0 Å². The van der Waals surface area contributed by atoms with E-state index in [1.807, 2.05) is 12.1 Å². The summed E-state index contributed by atoms with van der Waals surface area (Å²) in [4.78, 5) is 11.4. The van der Waals surface area contributed by atoms with E-state index in [4.69, 9.17) is 9.73 Å². The van der Waals surface area contributed by atoms with Gasteiger partial charge in [0.2, 0.25) is 5.88 Å². The molecule has 6 nitrogen and oxygen atoms in total. The number of hydrogen-bond donors (Lipinski definition) is 2. The van der Waals surface area contributed by atoms with Gasteiger partial charge in [-0.05, 0) is 44.4 Å². The van der Waals surface area contributed by atoms with Crippen molar-refractivity contribution < 1.29 is 4.74 Å². The zero-order valence-electron chi connectivity index (χ0n) is 15.2. The molecule has 0 bridgehead atoms. The highest BCUT2D eigenvalue weighted by atomic mass is 16.5. The maximum Gasteiger partial charge on any atom is 0.213 e. The number of nitrogens with one attached hydrogen (secondary N) is 2. The van der Waals surface area contributed by atoms with Crippen LogP contribution in [0.15, 0.2) is 23.3 Å². The topological polar surface area (TPSA) is 61.8 Å². The molecule has 2 rings (SSSR count). The van der Waals surface area contributed by atoms with Gasteiger partial charge in [0, 0.05) is 37.9 Å². The van der Waals surface area contributed by atoms with E-state index in [-0.39, 0.29) is 0 Å². The van der Waals surface area contributed by atoms with E-state index < -0.39 is 0 Å². The lowest BCUT2D eigenvalue weighted by atomic mass is 10.1. The minimum Gasteiger partial charge on any atom is -0.481 e. The summed E-state index contributed by atoms with van der Waals surface area (Å²) < 4.78 is 5.17. The molecule has 24 heavy (non-hydrogen) atoms. The Morgan fingerprint density at radius 1 is 1.38 bits per heavy atom. The summed E-state index contributed by atoms with van der Waals surface area (Å²) in [7, 11) is 1.63. The van der Waals surface area contributed by atoms with Crippen LogP contribution in [0.2, 0.25) is 0 Å². The second-order valence-electron chi connectivity index (χ2n) is 6.16. The highest BCUT2D eigenvalue weighted by Gasteiger charge is 2.19. The van der Waals surface area contributed by atoms with Gasteiger partial charge in [-0.3, -0.25) is 0 Å². The quantitative estimate of drug-likeness (QED) is 0.590. The lowest BCUT2D eigenvalue weighted by Gasteiger charge is -2.32. The minimum absolute atomic E-state index is 0.503. The molecule has 1 saturated heterocycles. The summed E-state index contributed by atoms with van der Waals surface area (Å²) in [5, 5.41) is 6.93. The monoisotopic (exact) mass is 333 g/mol. The molecule has 1 aromatic heterocycles. The van der Waals surface area contributed by atoms with Crippen molar-refractivity contribution in [1.82, 2.24) is 20.5 Å². The lowest BCUT2D eigenvalue weighted by molar-refractivity contribution is 0.206. The van der Waals surface area contributed by atoms with Gasteiger partial charge in [0.05, 0.1) is 13.7 Å². The standard InChI is InChI=1S/C18H31N5O/c1-4-10-23-11-7-16(8-12-23)22-18(19-5-2)21-14-15-6-9-20-17(13-15)24-3/h6,9,13,16H,4-5,7-8,10-12,14H2,1-3H3,(H2,19,21,22). The fraction of sp³-hybridized carbons (Fsp3) is 0.667. The van der Waals surface area contributed by atoms with E-state index in [1.54, 1.807) is 13.3 Å². The van der Waals surface area contributed by atoms with Crippen LogP contribution in [0.3, 0.4) is 0 Å². The number of ether oxygens (including phenoxy) is 1. The van der Waals surface area contributed by atoms with Crippen LogP contribution >= 0.6 is 0 Å². The van der Waals surface area contributed by atoms with Crippen molar-refractivity contribution in [2.45, 2.75) is 45.7 Å². The summed E-state index contributed by atoms with van der Waals surface area (Å²) in [6.07, 6.45) is 5.34. The summed E-state index contributed by atoms with van der Waals surface area (Å²) in [6, 6.07) is 4.40. The summed E-state index contributed by atoms with van der Waals surface area (Å²) in [6.45, 7) is 9.37. The second-order valence-corrected chi connectivity index (χ2v) is 6.16. The molecule has 2 heterocycles. The molecule has 0 radical (unpaired) electrons. The van der Waals surface area contributed by atoms with E-state index in [0.29, 0.717) is 18.5 Å². The van der Waals surface area contributed by atoms with Crippen molar-refractivity contribution in [3.8, 4) is 5.88 Å². The molecular formula is C18H31N5O. The van der Waals surface area contributed by atoms with Crippen LogP contribution in [0.25, 0.3) is 0 Å². The SMILES string of the molecule is CCCN1CCC(NC(=NCc2ccnc(OC)c2)NCC)CC1. The van der Waals surface area contributed by atoms with Crippen molar-refractivity contribution in [3.63, 3.8) is 0 Å². The van der Waals surface area contributed by atoms with E-state index in [0.717, 1.165) is 18.1 Å². The average molecular weight is 333 g/mol. The van der Waals surface area contributed by atoms with Gasteiger partial charge in [0.25, 0.3) is 0 Å².